The number of nitrogens with zero attached hydrogens (tertiary/aromatic N) is 2. The SMILES string of the molecule is CCOC(=O)c1c(NC(=O)CSc2nc(C)cc(-c3ccc(C)cc3)n2)sc2c1CCCC2. The van der Waals surface area contributed by atoms with Crippen LogP contribution in [0.25, 0.3) is 11.3 Å². The molecule has 0 bridgehead atoms. The van der Waals surface area contributed by atoms with E-state index in [9.17, 15) is 9.59 Å². The number of hydrogen-bond donors (Lipinski definition) is 1. The van der Waals surface area contributed by atoms with Gasteiger partial charge >= 0.3 is 5.97 Å². The van der Waals surface area contributed by atoms with Crippen LogP contribution in [0.5, 0.6) is 0 Å². The molecule has 0 fully saturated rings. The van der Waals surface area contributed by atoms with Crippen molar-refractivity contribution < 1.29 is 14.3 Å². The molecule has 3 aromatic rings. The number of amides is 1. The van der Waals surface area contributed by atoms with E-state index in [0.29, 0.717) is 22.3 Å². The molecule has 1 N–H and O–H groups in total. The Morgan fingerprint density at radius 2 is 1.88 bits per heavy atom. The molecule has 4 rings (SSSR count). The number of thiophene rings is 1. The smallest absolute Gasteiger partial charge is 0.341 e. The molecule has 2 aromatic heterocycles. The van der Waals surface area contributed by atoms with E-state index in [0.717, 1.165) is 48.2 Å². The fourth-order valence-electron chi connectivity index (χ4n) is 3.84. The minimum Gasteiger partial charge on any atom is -0.462 e. The number of carbonyl (C=O) groups excluding carboxylic acids is 2. The van der Waals surface area contributed by atoms with Gasteiger partial charge in [0.25, 0.3) is 0 Å². The number of carbonyl (C=O) groups is 2. The van der Waals surface area contributed by atoms with Gasteiger partial charge in [0, 0.05) is 16.1 Å². The fourth-order valence-corrected chi connectivity index (χ4v) is 5.84. The molecule has 33 heavy (non-hydrogen) atoms. The van der Waals surface area contributed by atoms with Crippen molar-refractivity contribution in [1.29, 1.82) is 0 Å². The number of thioether (sulfide) groups is 1. The zero-order chi connectivity index (χ0) is 23.4. The molecular weight excluding hydrogens is 454 g/mol. The van der Waals surface area contributed by atoms with Gasteiger partial charge in [0.1, 0.15) is 5.00 Å². The minimum absolute atomic E-state index is 0.154. The Morgan fingerprint density at radius 1 is 1.12 bits per heavy atom. The second kappa shape index (κ2) is 10.5. The minimum atomic E-state index is -0.357. The molecule has 0 atom stereocenters. The largest absolute Gasteiger partial charge is 0.462 e. The van der Waals surface area contributed by atoms with Crippen LogP contribution in [-0.4, -0.2) is 34.2 Å². The van der Waals surface area contributed by atoms with Crippen molar-refractivity contribution in [1.82, 2.24) is 9.97 Å². The first kappa shape index (κ1) is 23.4. The quantitative estimate of drug-likeness (QED) is 0.268. The summed E-state index contributed by atoms with van der Waals surface area (Å²) < 4.78 is 5.27. The lowest BCUT2D eigenvalue weighted by Crippen LogP contribution is -2.17. The summed E-state index contributed by atoms with van der Waals surface area (Å²) in [5, 5.41) is 4.09. The maximum absolute atomic E-state index is 12.8. The molecule has 6 nitrogen and oxygen atoms in total. The topological polar surface area (TPSA) is 81.2 Å². The maximum Gasteiger partial charge on any atom is 0.341 e. The van der Waals surface area contributed by atoms with Gasteiger partial charge in [-0.3, -0.25) is 4.79 Å². The molecule has 0 unspecified atom stereocenters. The lowest BCUT2D eigenvalue weighted by atomic mass is 9.95. The highest BCUT2D eigenvalue weighted by atomic mass is 32.2. The van der Waals surface area contributed by atoms with Gasteiger partial charge in [0.2, 0.25) is 5.91 Å². The van der Waals surface area contributed by atoms with Gasteiger partial charge in [-0.2, -0.15) is 0 Å². The molecule has 0 saturated heterocycles. The van der Waals surface area contributed by atoms with Crippen molar-refractivity contribution in [3.63, 3.8) is 0 Å². The Kier molecular flexibility index (Phi) is 7.45. The number of benzene rings is 1. The average molecular weight is 482 g/mol. The van der Waals surface area contributed by atoms with E-state index in [1.165, 1.54) is 33.5 Å². The molecular formula is C25H27N3O3S2. The van der Waals surface area contributed by atoms with E-state index in [1.54, 1.807) is 6.92 Å². The van der Waals surface area contributed by atoms with E-state index < -0.39 is 0 Å². The Hall–Kier alpha value is -2.71. The van der Waals surface area contributed by atoms with Crippen LogP contribution in [-0.2, 0) is 22.4 Å². The zero-order valence-corrected chi connectivity index (χ0v) is 20.7. The number of fused-ring (bicyclic) bond motifs is 1. The van der Waals surface area contributed by atoms with Crippen molar-refractivity contribution in [2.75, 3.05) is 17.7 Å². The Labute approximate surface area is 202 Å². The van der Waals surface area contributed by atoms with Gasteiger partial charge in [-0.25, -0.2) is 14.8 Å². The molecule has 1 aliphatic rings. The van der Waals surface area contributed by atoms with Gasteiger partial charge in [0.15, 0.2) is 5.16 Å². The molecule has 0 saturated carbocycles. The third kappa shape index (κ3) is 5.62. The van der Waals surface area contributed by atoms with Gasteiger partial charge in [0.05, 0.1) is 23.6 Å². The number of aromatic nitrogens is 2. The number of nitrogens with one attached hydrogen (secondary N) is 1. The predicted octanol–water partition coefficient (Wildman–Crippen LogP) is 5.61. The fraction of sp³-hybridized carbons (Fsp3) is 0.360. The molecule has 172 valence electrons. The summed E-state index contributed by atoms with van der Waals surface area (Å²) in [6, 6.07) is 10.1. The molecule has 1 aliphatic carbocycles. The number of anilines is 1. The van der Waals surface area contributed by atoms with Gasteiger partial charge in [-0.1, -0.05) is 41.6 Å². The van der Waals surface area contributed by atoms with Crippen molar-refractivity contribution in [3.05, 3.63) is 57.6 Å². The average Bonchev–Trinajstić information content (AvgIpc) is 3.16. The monoisotopic (exact) mass is 481 g/mol. The summed E-state index contributed by atoms with van der Waals surface area (Å²) in [5.74, 6) is -0.391. The normalized spacial score (nSPS) is 12.8. The second-order valence-corrected chi connectivity index (χ2v) is 10.1. The molecule has 0 spiro atoms. The Morgan fingerprint density at radius 3 is 2.64 bits per heavy atom. The summed E-state index contributed by atoms with van der Waals surface area (Å²) in [7, 11) is 0. The van der Waals surface area contributed by atoms with Crippen LogP contribution < -0.4 is 5.32 Å². The van der Waals surface area contributed by atoms with Gasteiger partial charge < -0.3 is 10.1 Å². The van der Waals surface area contributed by atoms with Crippen molar-refractivity contribution >= 4 is 40.0 Å². The first-order valence-electron chi connectivity index (χ1n) is 11.1. The highest BCUT2D eigenvalue weighted by Gasteiger charge is 2.27. The zero-order valence-electron chi connectivity index (χ0n) is 19.1. The summed E-state index contributed by atoms with van der Waals surface area (Å²) in [6.45, 7) is 6.07. The van der Waals surface area contributed by atoms with Crippen LogP contribution in [0.15, 0.2) is 35.5 Å². The molecule has 2 heterocycles. The molecule has 1 amide bonds. The summed E-state index contributed by atoms with van der Waals surface area (Å²) in [4.78, 5) is 35.7. The highest BCUT2D eigenvalue weighted by Crippen LogP contribution is 2.38. The first-order chi connectivity index (χ1) is 15.9. The number of rotatable bonds is 7. The maximum atomic E-state index is 12.8. The number of esters is 1. The van der Waals surface area contributed by atoms with Crippen LogP contribution in [0.1, 0.15) is 51.8 Å². The third-order valence-electron chi connectivity index (χ3n) is 5.42. The summed E-state index contributed by atoms with van der Waals surface area (Å²) in [6.07, 6.45) is 3.94. The predicted molar refractivity (Wildman–Crippen MR) is 133 cm³/mol. The van der Waals surface area contributed by atoms with Crippen molar-refractivity contribution in [3.8, 4) is 11.3 Å². The number of aryl methyl sites for hydroxylation is 3. The van der Waals surface area contributed by atoms with E-state index in [2.05, 4.69) is 27.4 Å². The van der Waals surface area contributed by atoms with Gasteiger partial charge in [-0.05, 0) is 58.1 Å². The van der Waals surface area contributed by atoms with E-state index >= 15 is 0 Å². The second-order valence-electron chi connectivity index (χ2n) is 8.02. The Bertz CT molecular complexity index is 1170. The molecule has 1 aromatic carbocycles. The van der Waals surface area contributed by atoms with E-state index in [4.69, 9.17) is 4.74 Å². The van der Waals surface area contributed by atoms with E-state index in [-0.39, 0.29) is 17.6 Å². The molecule has 0 radical (unpaired) electrons. The molecule has 0 aliphatic heterocycles. The number of hydrogen-bond acceptors (Lipinski definition) is 7. The van der Waals surface area contributed by atoms with Crippen LogP contribution in [0.3, 0.4) is 0 Å². The van der Waals surface area contributed by atoms with Crippen LogP contribution in [0.4, 0.5) is 5.00 Å². The highest BCUT2D eigenvalue weighted by molar-refractivity contribution is 7.99. The van der Waals surface area contributed by atoms with Crippen molar-refractivity contribution in [2.24, 2.45) is 0 Å². The van der Waals surface area contributed by atoms with Crippen molar-refractivity contribution in [2.45, 2.75) is 51.6 Å². The summed E-state index contributed by atoms with van der Waals surface area (Å²) >= 11 is 2.78. The summed E-state index contributed by atoms with van der Waals surface area (Å²) in [5.41, 5.74) is 5.45. The lowest BCUT2D eigenvalue weighted by molar-refractivity contribution is -0.113. The van der Waals surface area contributed by atoms with Gasteiger partial charge in [-0.15, -0.1) is 11.3 Å². The molecule has 8 heteroatoms. The van der Waals surface area contributed by atoms with Crippen LogP contribution in [0, 0.1) is 13.8 Å². The standard InChI is InChI=1S/C25H27N3O3S2/c1-4-31-24(30)22-18-7-5-6-8-20(18)33-23(22)28-21(29)14-32-25-26-16(3)13-19(27-25)17-11-9-15(2)10-12-17/h9-13H,4-8,14H2,1-3H3,(H,28,29). The first-order valence-corrected chi connectivity index (χ1v) is 12.9. The third-order valence-corrected chi connectivity index (χ3v) is 7.47. The van der Waals surface area contributed by atoms with Crippen LogP contribution in [0.2, 0.25) is 0 Å². The number of ether oxygens (including phenoxy) is 1. The Balaban J connectivity index is 1.47. The van der Waals surface area contributed by atoms with Crippen LogP contribution >= 0.6 is 23.1 Å². The lowest BCUT2D eigenvalue weighted by Gasteiger charge is -2.12. The van der Waals surface area contributed by atoms with E-state index in [1.807, 2.05) is 32.0 Å².